The number of nitrogens with zero attached hydrogens (tertiary/aromatic N) is 2. The van der Waals surface area contributed by atoms with Gasteiger partial charge >= 0.3 is 5.69 Å². The average Bonchev–Trinajstić information content (AvgIpc) is 2.30. The van der Waals surface area contributed by atoms with Crippen molar-refractivity contribution in [2.24, 2.45) is 0 Å². The van der Waals surface area contributed by atoms with Gasteiger partial charge in [0.2, 0.25) is 0 Å². The molecule has 1 aromatic carbocycles. The van der Waals surface area contributed by atoms with Crippen molar-refractivity contribution < 1.29 is 9.66 Å². The van der Waals surface area contributed by atoms with Gasteiger partial charge in [-0.1, -0.05) is 13.8 Å². The topological polar surface area (TPSA) is 76.2 Å². The van der Waals surface area contributed by atoms with Crippen LogP contribution in [0.2, 0.25) is 0 Å². The first-order chi connectivity index (χ1) is 7.19. The molecule has 5 nitrogen and oxygen atoms in total. The molecule has 0 bridgehead atoms. The van der Waals surface area contributed by atoms with E-state index in [1.807, 2.05) is 19.9 Å². The molecule has 5 heteroatoms. The minimum absolute atomic E-state index is 0.101. The summed E-state index contributed by atoms with van der Waals surface area (Å²) in [5, 5.41) is 18.9. The zero-order valence-corrected chi connectivity index (χ0v) is 8.85. The van der Waals surface area contributed by atoms with Crippen LogP contribution in [0.5, 0.6) is 5.75 Å². The van der Waals surface area contributed by atoms with Crippen LogP contribution in [0.3, 0.4) is 0 Å². The van der Waals surface area contributed by atoms with Crippen molar-refractivity contribution in [3.05, 3.63) is 33.9 Å². The predicted molar refractivity (Wildman–Crippen MR) is 55.7 cm³/mol. The van der Waals surface area contributed by atoms with Crippen LogP contribution in [0.4, 0.5) is 5.69 Å². The fourth-order valence-electron chi connectivity index (χ4n) is 0.898. The van der Waals surface area contributed by atoms with Crippen molar-refractivity contribution in [1.29, 1.82) is 5.26 Å². The number of ether oxygens (including phenoxy) is 1. The molecule has 0 aliphatic rings. The van der Waals surface area contributed by atoms with E-state index in [2.05, 4.69) is 0 Å². The summed E-state index contributed by atoms with van der Waals surface area (Å²) in [5.41, 5.74) is 0.198. The van der Waals surface area contributed by atoms with E-state index in [9.17, 15) is 10.1 Å². The molecule has 0 N–H and O–H groups in total. The van der Waals surface area contributed by atoms with Crippen molar-refractivity contribution in [2.75, 3.05) is 7.11 Å². The van der Waals surface area contributed by atoms with Gasteiger partial charge in [0.1, 0.15) is 0 Å². The second-order valence-electron chi connectivity index (χ2n) is 2.26. The van der Waals surface area contributed by atoms with Gasteiger partial charge in [-0.25, -0.2) is 0 Å². The number of nitro benzene ring substituents is 1. The van der Waals surface area contributed by atoms with E-state index in [4.69, 9.17) is 10.00 Å². The van der Waals surface area contributed by atoms with E-state index in [1.54, 1.807) is 0 Å². The standard InChI is InChI=1S/C8H6N2O3.C2H6/c1-13-8-4-6(5-9)2-3-7(8)10(11)12;1-2/h2-4H,1H3;1-2H3. The number of hydrogen-bond acceptors (Lipinski definition) is 4. The van der Waals surface area contributed by atoms with Gasteiger partial charge in [-0.3, -0.25) is 10.1 Å². The molecule has 0 spiro atoms. The SMILES string of the molecule is CC.COc1cc(C#N)ccc1[N+](=O)[O-]. The van der Waals surface area contributed by atoms with Gasteiger partial charge in [0.05, 0.1) is 23.7 Å². The normalized spacial score (nSPS) is 8.13. The molecule has 0 amide bonds. The van der Waals surface area contributed by atoms with Crippen LogP contribution >= 0.6 is 0 Å². The summed E-state index contributed by atoms with van der Waals surface area (Å²) in [6, 6.07) is 5.82. The Morgan fingerprint density at radius 1 is 1.47 bits per heavy atom. The Hall–Kier alpha value is -2.09. The zero-order valence-electron chi connectivity index (χ0n) is 8.85. The summed E-state index contributed by atoms with van der Waals surface area (Å²) >= 11 is 0. The summed E-state index contributed by atoms with van der Waals surface area (Å²) in [6.07, 6.45) is 0. The minimum atomic E-state index is -0.556. The third-order valence-corrected chi connectivity index (χ3v) is 1.51. The number of rotatable bonds is 2. The van der Waals surface area contributed by atoms with Gasteiger partial charge in [0, 0.05) is 12.1 Å². The highest BCUT2D eigenvalue weighted by atomic mass is 16.6. The molecule has 0 radical (unpaired) electrons. The van der Waals surface area contributed by atoms with Crippen LogP contribution in [0, 0.1) is 21.4 Å². The molecule has 1 rings (SSSR count). The first-order valence-corrected chi connectivity index (χ1v) is 4.41. The molecule has 0 saturated heterocycles. The van der Waals surface area contributed by atoms with Crippen molar-refractivity contribution in [3.8, 4) is 11.8 Å². The first kappa shape index (κ1) is 12.9. The first-order valence-electron chi connectivity index (χ1n) is 4.41. The summed E-state index contributed by atoms with van der Waals surface area (Å²) in [5.74, 6) is 0.101. The van der Waals surface area contributed by atoms with Crippen LogP contribution < -0.4 is 4.74 Å². The van der Waals surface area contributed by atoms with E-state index < -0.39 is 4.92 Å². The second-order valence-corrected chi connectivity index (χ2v) is 2.26. The molecule has 0 atom stereocenters. The lowest BCUT2D eigenvalue weighted by molar-refractivity contribution is -0.385. The van der Waals surface area contributed by atoms with Crippen molar-refractivity contribution >= 4 is 5.69 Å². The van der Waals surface area contributed by atoms with E-state index in [-0.39, 0.29) is 11.4 Å². The van der Waals surface area contributed by atoms with E-state index in [0.29, 0.717) is 5.56 Å². The molecule has 0 unspecified atom stereocenters. The smallest absolute Gasteiger partial charge is 0.310 e. The monoisotopic (exact) mass is 208 g/mol. The van der Waals surface area contributed by atoms with Gasteiger partial charge < -0.3 is 4.74 Å². The molecule has 0 saturated carbocycles. The van der Waals surface area contributed by atoms with Crippen molar-refractivity contribution in [1.82, 2.24) is 0 Å². The fraction of sp³-hybridized carbons (Fsp3) is 0.300. The van der Waals surface area contributed by atoms with Crippen molar-refractivity contribution in [2.45, 2.75) is 13.8 Å². The highest BCUT2D eigenvalue weighted by Crippen LogP contribution is 2.26. The molecule has 0 fully saturated rings. The third kappa shape index (κ3) is 3.27. The van der Waals surface area contributed by atoms with Gasteiger partial charge in [-0.2, -0.15) is 5.26 Å². The molecule has 15 heavy (non-hydrogen) atoms. The van der Waals surface area contributed by atoms with E-state index in [1.165, 1.54) is 25.3 Å². The minimum Gasteiger partial charge on any atom is -0.490 e. The lowest BCUT2D eigenvalue weighted by atomic mass is 10.2. The lowest BCUT2D eigenvalue weighted by Gasteiger charge is -2.00. The third-order valence-electron chi connectivity index (χ3n) is 1.51. The quantitative estimate of drug-likeness (QED) is 0.552. The fourth-order valence-corrected chi connectivity index (χ4v) is 0.898. The van der Waals surface area contributed by atoms with E-state index in [0.717, 1.165) is 0 Å². The molecule has 0 aliphatic carbocycles. The highest BCUT2D eigenvalue weighted by Gasteiger charge is 2.13. The molecule has 0 aromatic heterocycles. The van der Waals surface area contributed by atoms with Gasteiger partial charge in [0.25, 0.3) is 0 Å². The maximum Gasteiger partial charge on any atom is 0.310 e. The zero-order chi connectivity index (χ0) is 11.8. The Morgan fingerprint density at radius 3 is 2.47 bits per heavy atom. The number of nitro groups is 1. The second kappa shape index (κ2) is 6.38. The van der Waals surface area contributed by atoms with Crippen molar-refractivity contribution in [3.63, 3.8) is 0 Å². The summed E-state index contributed by atoms with van der Waals surface area (Å²) in [7, 11) is 1.32. The Kier molecular flexibility index (Phi) is 5.49. The maximum atomic E-state index is 10.4. The summed E-state index contributed by atoms with van der Waals surface area (Å²) < 4.78 is 4.76. The van der Waals surface area contributed by atoms with Crippen LogP contribution in [0.1, 0.15) is 19.4 Å². The van der Waals surface area contributed by atoms with Crippen LogP contribution in [-0.4, -0.2) is 12.0 Å². The average molecular weight is 208 g/mol. The summed E-state index contributed by atoms with van der Waals surface area (Å²) in [6.45, 7) is 4.00. The molecular weight excluding hydrogens is 196 g/mol. The number of nitriles is 1. The van der Waals surface area contributed by atoms with Gasteiger partial charge in [-0.05, 0) is 6.07 Å². The number of hydrogen-bond donors (Lipinski definition) is 0. The highest BCUT2D eigenvalue weighted by molar-refractivity contribution is 5.51. The number of benzene rings is 1. The molecule has 0 aliphatic heterocycles. The maximum absolute atomic E-state index is 10.4. The van der Waals surface area contributed by atoms with Crippen LogP contribution in [-0.2, 0) is 0 Å². The Morgan fingerprint density at radius 2 is 2.07 bits per heavy atom. The summed E-state index contributed by atoms with van der Waals surface area (Å²) in [4.78, 5) is 9.87. The number of methoxy groups -OCH3 is 1. The Bertz CT molecular complexity index is 383. The Labute approximate surface area is 88.1 Å². The Balaban J connectivity index is 0.000000921. The van der Waals surface area contributed by atoms with Crippen LogP contribution in [0.15, 0.2) is 18.2 Å². The van der Waals surface area contributed by atoms with Crippen LogP contribution in [0.25, 0.3) is 0 Å². The largest absolute Gasteiger partial charge is 0.490 e. The lowest BCUT2D eigenvalue weighted by Crippen LogP contribution is -1.93. The molecule has 80 valence electrons. The molecule has 1 aromatic rings. The molecular formula is C10H12N2O3. The van der Waals surface area contributed by atoms with E-state index >= 15 is 0 Å². The van der Waals surface area contributed by atoms with Gasteiger partial charge in [0.15, 0.2) is 5.75 Å². The molecule has 0 heterocycles. The van der Waals surface area contributed by atoms with Gasteiger partial charge in [-0.15, -0.1) is 0 Å². The predicted octanol–water partition coefficient (Wildman–Crippen LogP) is 2.50.